The second-order valence-corrected chi connectivity index (χ2v) is 15.1. The summed E-state index contributed by atoms with van der Waals surface area (Å²) in [6.45, 7) is 17.7. The van der Waals surface area contributed by atoms with Gasteiger partial charge in [0.25, 0.3) is 0 Å². The maximum atomic E-state index is 12.5. The molecule has 3 atom stereocenters. The van der Waals surface area contributed by atoms with E-state index in [2.05, 4.69) is 13.8 Å². The number of aldehydes is 1. The predicted octanol–water partition coefficient (Wildman–Crippen LogP) is 3.98. The summed E-state index contributed by atoms with van der Waals surface area (Å²) in [6.07, 6.45) is 3.81. The molecule has 16 nitrogen and oxygen atoms in total. The van der Waals surface area contributed by atoms with Gasteiger partial charge >= 0.3 is 43.0 Å². The molecule has 58 heavy (non-hydrogen) atoms. The van der Waals surface area contributed by atoms with E-state index >= 15 is 0 Å². The molecule has 0 saturated carbocycles. The maximum absolute atomic E-state index is 12.5. The van der Waals surface area contributed by atoms with Gasteiger partial charge in [0, 0.05) is 18.7 Å². The number of unbranched alkanes of at least 4 members (excludes halogenated alkanes) is 1. The van der Waals surface area contributed by atoms with Crippen LogP contribution in [0, 0.1) is 6.92 Å². The number of carbonyl (C=O) groups is 5. The second kappa shape index (κ2) is 23.3. The van der Waals surface area contributed by atoms with E-state index in [0.717, 1.165) is 25.5 Å². The van der Waals surface area contributed by atoms with Crippen LogP contribution < -0.4 is 37.8 Å². The molecule has 0 aliphatic carbocycles. The average molecular weight is 829 g/mol. The minimum Gasteiger partial charge on any atom is -0.478 e. The van der Waals surface area contributed by atoms with Crippen molar-refractivity contribution in [3.63, 3.8) is 0 Å². The number of hydrogen-bond donors (Lipinski definition) is 3. The summed E-state index contributed by atoms with van der Waals surface area (Å²) in [7, 11) is 0. The van der Waals surface area contributed by atoms with Gasteiger partial charge in [0.15, 0.2) is 23.0 Å². The summed E-state index contributed by atoms with van der Waals surface area (Å²) < 4.78 is 31.3. The Morgan fingerprint density at radius 2 is 1.34 bits per heavy atom. The summed E-state index contributed by atoms with van der Waals surface area (Å²) in [5, 5.41) is 29.1. The largest absolute Gasteiger partial charge is 1.00 e. The third kappa shape index (κ3) is 14.8. The van der Waals surface area contributed by atoms with Gasteiger partial charge in [-0.25, -0.2) is 19.2 Å². The topological polar surface area (TPSA) is 208 Å². The molecule has 18 heteroatoms. The number of carboxylic acid groups (broad SMARTS) is 2. The van der Waals surface area contributed by atoms with E-state index < -0.39 is 41.4 Å². The zero-order valence-corrected chi connectivity index (χ0v) is 35.7. The van der Waals surface area contributed by atoms with Gasteiger partial charge in [-0.1, -0.05) is 13.3 Å². The van der Waals surface area contributed by atoms with Gasteiger partial charge in [0.2, 0.25) is 13.6 Å². The number of nitrogens with zero attached hydrogens (tertiary/aromatic N) is 2. The Bertz CT molecular complexity index is 1690. The molecule has 3 N–H and O–H groups in total. The van der Waals surface area contributed by atoms with Crippen LogP contribution in [0.2, 0.25) is 0 Å². The first-order valence-electron chi connectivity index (χ1n) is 18.5. The normalized spacial score (nSPS) is 17.6. The summed E-state index contributed by atoms with van der Waals surface area (Å²) in [5.41, 5.74) is -0.885. The summed E-state index contributed by atoms with van der Waals surface area (Å²) in [4.78, 5) is 59.8. The first kappa shape index (κ1) is 51.7. The van der Waals surface area contributed by atoms with Crippen LogP contribution in [0.25, 0.3) is 0 Å². The second-order valence-electron chi connectivity index (χ2n) is 15.1. The molecule has 2 amide bonds. The van der Waals surface area contributed by atoms with Crippen molar-refractivity contribution in [3.8, 4) is 23.0 Å². The number of ether oxygens (including phenoxy) is 6. The smallest absolute Gasteiger partial charge is 0.478 e. The third-order valence-corrected chi connectivity index (χ3v) is 8.45. The third-order valence-electron chi connectivity index (χ3n) is 8.45. The van der Waals surface area contributed by atoms with Crippen molar-refractivity contribution in [2.24, 2.45) is 0 Å². The molecular formula is C40H57LiN2O14S. The number of rotatable bonds is 6. The first-order chi connectivity index (χ1) is 26.3. The van der Waals surface area contributed by atoms with Crippen LogP contribution in [0.5, 0.6) is 23.0 Å². The fourth-order valence-electron chi connectivity index (χ4n) is 5.85. The van der Waals surface area contributed by atoms with E-state index in [-0.39, 0.29) is 80.5 Å². The molecule has 0 radical (unpaired) electrons. The Kier molecular flexibility index (Phi) is 20.8. The Morgan fingerprint density at radius 3 is 1.90 bits per heavy atom. The Balaban J connectivity index is 0.000000444. The predicted molar refractivity (Wildman–Crippen MR) is 213 cm³/mol. The standard InChI is InChI=1S/C18H23NO7.C10H17NO3.C8H6O4.C4H9.Li.H2S/c1-18(2,3)26-17(23)19-8-4-5-11(19)14(20)13-10(16(21)22)6-7-12-15(13)25-9-24-12;1-10(2,3)14-9(13)11-6-4-5-8(11)7-12;9-8(10)5-1-2-6-7(3-5)12-4-11-6;1-3-4-2;;/h6-7,11,14,20H,4-5,8-9H2,1-3H3,(H,21,22);7-8H,4-6H2,1-3H3;1-3H,4H2,(H,9,10);1,3-4H2,2H3;;1H2/q;;;-1;+1;/t11-,14?;8-;;;;/m00..../s1. The van der Waals surface area contributed by atoms with E-state index in [1.54, 1.807) is 26.8 Å². The van der Waals surface area contributed by atoms with Crippen LogP contribution in [0.1, 0.15) is 119 Å². The number of aromatic carboxylic acids is 2. The Morgan fingerprint density at radius 1 is 0.828 bits per heavy atom. The van der Waals surface area contributed by atoms with E-state index in [1.165, 1.54) is 40.5 Å². The number of amides is 2. The summed E-state index contributed by atoms with van der Waals surface area (Å²) >= 11 is 0. The monoisotopic (exact) mass is 828 g/mol. The zero-order valence-electron chi connectivity index (χ0n) is 34.7. The van der Waals surface area contributed by atoms with Gasteiger partial charge < -0.3 is 60.4 Å². The molecule has 0 spiro atoms. The SMILES string of the molecule is CC(C)(C)OC(=O)N1CCC[C@H]1C(O)c1c(C(=O)O)ccc2c1OCO2.CC(C)(C)OC(=O)N1CCC[C@H]1C=O.O=C(O)c1ccc2c(c1)OCO2.S.[CH2-]CCC.[Li+]. The number of carbonyl (C=O) groups excluding carboxylic acids is 3. The molecule has 4 aliphatic heterocycles. The van der Waals surface area contributed by atoms with Crippen molar-refractivity contribution < 1.29 is 86.6 Å². The molecule has 6 rings (SSSR count). The van der Waals surface area contributed by atoms with Crippen LogP contribution in [0.15, 0.2) is 30.3 Å². The van der Waals surface area contributed by atoms with E-state index in [0.29, 0.717) is 43.2 Å². The van der Waals surface area contributed by atoms with Crippen LogP contribution in [-0.4, -0.2) is 105 Å². The number of hydrogen-bond acceptors (Lipinski definition) is 12. The van der Waals surface area contributed by atoms with Gasteiger partial charge in [0.1, 0.15) is 23.6 Å². The van der Waals surface area contributed by atoms with Gasteiger partial charge in [-0.2, -0.15) is 19.9 Å². The summed E-state index contributed by atoms with van der Waals surface area (Å²) in [6, 6.07) is 6.51. The van der Waals surface area contributed by atoms with Crippen LogP contribution >= 0.6 is 13.5 Å². The molecule has 1 unspecified atom stereocenters. The van der Waals surface area contributed by atoms with E-state index in [1.807, 2.05) is 20.8 Å². The van der Waals surface area contributed by atoms with E-state index in [4.69, 9.17) is 33.5 Å². The van der Waals surface area contributed by atoms with E-state index in [9.17, 15) is 34.2 Å². The molecule has 2 aromatic carbocycles. The molecule has 318 valence electrons. The number of aliphatic hydroxyl groups is 1. The van der Waals surface area contributed by atoms with Crippen molar-refractivity contribution in [2.45, 2.75) is 116 Å². The number of benzene rings is 2. The molecule has 0 bridgehead atoms. The number of likely N-dealkylation sites (tertiary alicyclic amines) is 2. The molecule has 0 aromatic heterocycles. The van der Waals surface area contributed by atoms with Gasteiger partial charge in [-0.05, 0) is 97.6 Å². The zero-order chi connectivity index (χ0) is 41.8. The quantitative estimate of drug-likeness (QED) is 0.214. The molecule has 2 saturated heterocycles. The van der Waals surface area contributed by atoms with Crippen LogP contribution in [-0.2, 0) is 14.3 Å². The van der Waals surface area contributed by atoms with Crippen LogP contribution in [0.4, 0.5) is 9.59 Å². The average Bonchev–Trinajstić information content (AvgIpc) is 3.96. The first-order valence-corrected chi connectivity index (χ1v) is 18.5. The fourth-order valence-corrected chi connectivity index (χ4v) is 5.85. The fraction of sp³-hybridized carbons (Fsp3) is 0.550. The van der Waals surface area contributed by atoms with Crippen molar-refractivity contribution in [2.75, 3.05) is 26.7 Å². The molecule has 2 aromatic rings. The molecular weight excluding hydrogens is 771 g/mol. The van der Waals surface area contributed by atoms with Crippen LogP contribution in [0.3, 0.4) is 0 Å². The maximum Gasteiger partial charge on any atom is 1.00 e. The minimum absolute atomic E-state index is 0. The van der Waals surface area contributed by atoms with Gasteiger partial charge in [-0.3, -0.25) is 4.90 Å². The van der Waals surface area contributed by atoms with Crippen molar-refractivity contribution in [1.29, 1.82) is 0 Å². The molecule has 2 fully saturated rings. The van der Waals surface area contributed by atoms with Gasteiger partial charge in [0.05, 0.1) is 23.2 Å². The van der Waals surface area contributed by atoms with Gasteiger partial charge in [-0.15, -0.1) is 0 Å². The number of carboxylic acids is 2. The Labute approximate surface area is 359 Å². The van der Waals surface area contributed by atoms with Crippen molar-refractivity contribution >= 4 is 43.9 Å². The number of aliphatic hydroxyl groups excluding tert-OH is 1. The minimum atomic E-state index is -1.23. The van der Waals surface area contributed by atoms with Crippen molar-refractivity contribution in [1.82, 2.24) is 9.80 Å². The molecule has 4 aliphatic rings. The number of fused-ring (bicyclic) bond motifs is 2. The summed E-state index contributed by atoms with van der Waals surface area (Å²) in [5.74, 6) is -0.457. The van der Waals surface area contributed by atoms with Crippen molar-refractivity contribution in [3.05, 3.63) is 53.9 Å². The molecule has 4 heterocycles. The Hall–Kier alpha value is -4.30.